The predicted octanol–water partition coefficient (Wildman–Crippen LogP) is 4.12. The first kappa shape index (κ1) is 21.8. The molecular weight excluding hydrogens is 372 g/mol. The fourth-order valence-corrected chi connectivity index (χ4v) is 3.10. The Balaban J connectivity index is 3.06. The van der Waals surface area contributed by atoms with Crippen LogP contribution in [-0.4, -0.2) is 28.2 Å². The molecule has 0 amide bonds. The first-order valence-electron chi connectivity index (χ1n) is 9.03. The lowest BCUT2D eigenvalue weighted by molar-refractivity contribution is 1.13. The van der Waals surface area contributed by atoms with Gasteiger partial charge in [0.15, 0.2) is 0 Å². The Kier molecular flexibility index (Phi) is 6.97. The molecule has 0 atom stereocenters. The van der Waals surface area contributed by atoms with Crippen LogP contribution >= 0.6 is 0 Å². The van der Waals surface area contributed by atoms with Crippen LogP contribution in [0.15, 0.2) is 59.7 Å². The molecule has 30 heavy (non-hydrogen) atoms. The summed E-state index contributed by atoms with van der Waals surface area (Å²) in [4.78, 5) is 3.75. The van der Waals surface area contributed by atoms with Crippen molar-refractivity contribution in [2.75, 3.05) is 38.0 Å². The van der Waals surface area contributed by atoms with Gasteiger partial charge in [-0.05, 0) is 23.8 Å². The molecule has 0 aromatic heterocycles. The Labute approximate surface area is 177 Å². The molecule has 2 aromatic carbocycles. The zero-order valence-electron chi connectivity index (χ0n) is 17.3. The van der Waals surface area contributed by atoms with Crippen molar-refractivity contribution in [1.82, 2.24) is 0 Å². The average molecular weight is 392 g/mol. The summed E-state index contributed by atoms with van der Waals surface area (Å²) < 4.78 is 0. The van der Waals surface area contributed by atoms with Crippen molar-refractivity contribution < 1.29 is 0 Å². The number of hydrogen-bond acceptors (Lipinski definition) is 6. The van der Waals surface area contributed by atoms with Crippen LogP contribution in [0, 0.1) is 45.3 Å². The molecule has 2 rings (SSSR count). The predicted molar refractivity (Wildman–Crippen MR) is 118 cm³/mol. The lowest BCUT2D eigenvalue weighted by Crippen LogP contribution is -2.12. The highest BCUT2D eigenvalue weighted by Gasteiger charge is 2.23. The van der Waals surface area contributed by atoms with E-state index in [1.807, 2.05) is 92.6 Å². The standard InChI is InChI=1S/C24H20N6/c1-29(2)20-9-7-8-17(12-20)23(18(13-25)14-26)24(19(15-27)16-28)21-10-5-6-11-22(21)30(3)4/h5-12H,1-4H3. The van der Waals surface area contributed by atoms with E-state index >= 15 is 0 Å². The minimum absolute atomic E-state index is 0.169. The molecule has 6 heteroatoms. The molecule has 0 aliphatic rings. The summed E-state index contributed by atoms with van der Waals surface area (Å²) >= 11 is 0. The highest BCUT2D eigenvalue weighted by molar-refractivity contribution is 6.13. The second kappa shape index (κ2) is 9.61. The van der Waals surface area contributed by atoms with Crippen LogP contribution in [0.3, 0.4) is 0 Å². The van der Waals surface area contributed by atoms with Gasteiger partial charge in [-0.2, -0.15) is 21.0 Å². The van der Waals surface area contributed by atoms with Gasteiger partial charge >= 0.3 is 0 Å². The second-order valence-electron chi connectivity index (χ2n) is 6.80. The molecule has 0 saturated heterocycles. The molecule has 0 unspecified atom stereocenters. The van der Waals surface area contributed by atoms with E-state index in [1.54, 1.807) is 18.2 Å². The van der Waals surface area contributed by atoms with Gasteiger partial charge in [-0.15, -0.1) is 0 Å². The van der Waals surface area contributed by atoms with Gasteiger partial charge in [-0.1, -0.05) is 30.3 Å². The van der Waals surface area contributed by atoms with Crippen molar-refractivity contribution >= 4 is 22.5 Å². The molecule has 0 bridgehead atoms. The summed E-state index contributed by atoms with van der Waals surface area (Å²) in [5.74, 6) is 0. The second-order valence-corrected chi connectivity index (χ2v) is 6.80. The smallest absolute Gasteiger partial charge is 0.138 e. The first-order valence-corrected chi connectivity index (χ1v) is 9.03. The molecule has 0 N–H and O–H groups in total. The number of nitriles is 4. The molecule has 0 saturated carbocycles. The summed E-state index contributed by atoms with van der Waals surface area (Å²) in [7, 11) is 7.46. The van der Waals surface area contributed by atoms with Crippen molar-refractivity contribution in [1.29, 1.82) is 21.0 Å². The minimum atomic E-state index is -0.169. The number of para-hydroxylation sites is 1. The fourth-order valence-electron chi connectivity index (χ4n) is 3.10. The van der Waals surface area contributed by atoms with Crippen LogP contribution in [-0.2, 0) is 0 Å². The van der Waals surface area contributed by atoms with E-state index in [-0.39, 0.29) is 22.3 Å². The maximum Gasteiger partial charge on any atom is 0.138 e. The zero-order chi connectivity index (χ0) is 22.3. The van der Waals surface area contributed by atoms with Gasteiger partial charge in [0.05, 0.1) is 0 Å². The molecule has 0 fully saturated rings. The van der Waals surface area contributed by atoms with Gasteiger partial charge in [0.25, 0.3) is 0 Å². The molecular formula is C24H20N6. The fraction of sp³-hybridized carbons (Fsp3) is 0.167. The Morgan fingerprint density at radius 3 is 1.77 bits per heavy atom. The molecule has 0 aliphatic heterocycles. The van der Waals surface area contributed by atoms with Gasteiger partial charge < -0.3 is 9.80 Å². The van der Waals surface area contributed by atoms with Gasteiger partial charge in [0.1, 0.15) is 35.4 Å². The number of benzene rings is 2. The molecule has 0 aliphatic carbocycles. The van der Waals surface area contributed by atoms with Crippen molar-refractivity contribution in [3.05, 3.63) is 70.8 Å². The van der Waals surface area contributed by atoms with Crippen LogP contribution in [0.2, 0.25) is 0 Å². The van der Waals surface area contributed by atoms with Crippen molar-refractivity contribution in [3.8, 4) is 24.3 Å². The van der Waals surface area contributed by atoms with E-state index in [4.69, 9.17) is 0 Å². The van der Waals surface area contributed by atoms with Crippen LogP contribution in [0.4, 0.5) is 11.4 Å². The Hall–Kier alpha value is -4.52. The highest BCUT2D eigenvalue weighted by Crippen LogP contribution is 2.40. The van der Waals surface area contributed by atoms with E-state index in [9.17, 15) is 21.0 Å². The average Bonchev–Trinajstić information content (AvgIpc) is 2.76. The summed E-state index contributed by atoms with van der Waals surface area (Å²) in [6.07, 6.45) is 0. The zero-order valence-corrected chi connectivity index (χ0v) is 17.3. The van der Waals surface area contributed by atoms with Crippen molar-refractivity contribution in [2.45, 2.75) is 0 Å². The van der Waals surface area contributed by atoms with Crippen molar-refractivity contribution in [2.24, 2.45) is 0 Å². The highest BCUT2D eigenvalue weighted by atomic mass is 15.1. The van der Waals surface area contributed by atoms with Crippen LogP contribution in [0.1, 0.15) is 11.1 Å². The first-order chi connectivity index (χ1) is 14.4. The van der Waals surface area contributed by atoms with E-state index in [2.05, 4.69) is 0 Å². The maximum absolute atomic E-state index is 9.71. The van der Waals surface area contributed by atoms with Crippen LogP contribution in [0.25, 0.3) is 11.1 Å². The Bertz CT molecular complexity index is 1160. The summed E-state index contributed by atoms with van der Waals surface area (Å²) in [6.45, 7) is 0. The Morgan fingerprint density at radius 1 is 0.667 bits per heavy atom. The van der Waals surface area contributed by atoms with Crippen molar-refractivity contribution in [3.63, 3.8) is 0 Å². The SMILES string of the molecule is CN(C)c1cccc(C(=C(C#N)C#N)C(=C(C#N)C#N)c2ccccc2N(C)C)c1. The summed E-state index contributed by atoms with van der Waals surface area (Å²) in [6, 6.07) is 22.3. The van der Waals surface area contributed by atoms with E-state index in [0.29, 0.717) is 11.1 Å². The lowest BCUT2D eigenvalue weighted by Gasteiger charge is -2.22. The van der Waals surface area contributed by atoms with E-state index in [1.165, 1.54) is 0 Å². The largest absolute Gasteiger partial charge is 0.378 e. The monoisotopic (exact) mass is 392 g/mol. The molecule has 146 valence electrons. The topological polar surface area (TPSA) is 102 Å². The van der Waals surface area contributed by atoms with Gasteiger partial charge in [0, 0.05) is 56.3 Å². The van der Waals surface area contributed by atoms with E-state index in [0.717, 1.165) is 11.4 Å². The lowest BCUT2D eigenvalue weighted by atomic mass is 9.85. The maximum atomic E-state index is 9.71. The molecule has 6 nitrogen and oxygen atoms in total. The van der Waals surface area contributed by atoms with Gasteiger partial charge in [-0.3, -0.25) is 0 Å². The molecule has 0 radical (unpaired) electrons. The quantitative estimate of drug-likeness (QED) is 0.560. The number of nitrogens with zero attached hydrogens (tertiary/aromatic N) is 6. The van der Waals surface area contributed by atoms with Gasteiger partial charge in [0.2, 0.25) is 0 Å². The van der Waals surface area contributed by atoms with E-state index < -0.39 is 0 Å². The third-order valence-corrected chi connectivity index (χ3v) is 4.50. The minimum Gasteiger partial charge on any atom is -0.378 e. The van der Waals surface area contributed by atoms with Crippen LogP contribution in [0.5, 0.6) is 0 Å². The summed E-state index contributed by atoms with van der Waals surface area (Å²) in [5, 5.41) is 38.8. The number of rotatable bonds is 5. The molecule has 0 heterocycles. The molecule has 0 spiro atoms. The third-order valence-electron chi connectivity index (χ3n) is 4.50. The normalized spacial score (nSPS) is 9.20. The molecule has 2 aromatic rings. The number of hydrogen-bond donors (Lipinski definition) is 0. The van der Waals surface area contributed by atoms with Gasteiger partial charge in [-0.25, -0.2) is 0 Å². The Morgan fingerprint density at radius 2 is 1.23 bits per heavy atom. The third kappa shape index (κ3) is 4.31. The summed E-state index contributed by atoms with van der Waals surface area (Å²) in [5.41, 5.74) is 2.96. The van der Waals surface area contributed by atoms with Crippen LogP contribution < -0.4 is 9.80 Å². The number of allylic oxidation sites excluding steroid dienone is 4. The number of anilines is 2.